The van der Waals surface area contributed by atoms with E-state index in [1.165, 1.54) is 12.2 Å². The molecular weight excluding hydrogens is 304 g/mol. The Labute approximate surface area is 136 Å². The maximum atomic E-state index is 12.0. The zero-order chi connectivity index (χ0) is 15.9. The molecule has 0 aromatic carbocycles. The minimum atomic E-state index is -0.412. The van der Waals surface area contributed by atoms with Crippen molar-refractivity contribution in [2.24, 2.45) is 0 Å². The molecule has 128 valence electrons. The van der Waals surface area contributed by atoms with Crippen LogP contribution in [0.25, 0.3) is 0 Å². The highest BCUT2D eigenvalue weighted by molar-refractivity contribution is 8.00. The first-order valence-corrected chi connectivity index (χ1v) is 9.04. The van der Waals surface area contributed by atoms with Gasteiger partial charge in [-0.15, -0.1) is 0 Å². The van der Waals surface area contributed by atoms with Crippen LogP contribution >= 0.6 is 11.8 Å². The Hall–Kier alpha value is -0.500. The summed E-state index contributed by atoms with van der Waals surface area (Å²) < 4.78 is 11.3. The Morgan fingerprint density at radius 1 is 1.27 bits per heavy atom. The van der Waals surface area contributed by atoms with Crippen molar-refractivity contribution < 1.29 is 19.4 Å². The lowest BCUT2D eigenvalue weighted by atomic mass is 9.94. The van der Waals surface area contributed by atoms with Crippen LogP contribution in [0, 0.1) is 0 Å². The first kappa shape index (κ1) is 17.8. The predicted molar refractivity (Wildman–Crippen MR) is 87.3 cm³/mol. The van der Waals surface area contributed by atoms with E-state index in [1.807, 2.05) is 11.8 Å². The Morgan fingerprint density at radius 3 is 2.64 bits per heavy atom. The molecule has 0 aromatic heterocycles. The monoisotopic (exact) mass is 332 g/mol. The van der Waals surface area contributed by atoms with Crippen molar-refractivity contribution in [1.29, 1.82) is 0 Å². The first-order valence-electron chi connectivity index (χ1n) is 8.06. The van der Waals surface area contributed by atoms with E-state index in [1.54, 1.807) is 0 Å². The van der Waals surface area contributed by atoms with Crippen molar-refractivity contribution >= 4 is 17.8 Å². The molecule has 6 nitrogen and oxygen atoms in total. The molecule has 0 aliphatic carbocycles. The Bertz CT molecular complexity index is 355. The van der Waals surface area contributed by atoms with E-state index >= 15 is 0 Å². The summed E-state index contributed by atoms with van der Waals surface area (Å²) in [7, 11) is 0. The lowest BCUT2D eigenvalue weighted by Crippen LogP contribution is -2.52. The summed E-state index contributed by atoms with van der Waals surface area (Å²) in [4.78, 5) is 12.0. The third kappa shape index (κ3) is 5.30. The number of hydrogen-bond donors (Lipinski definition) is 3. The number of ether oxygens (including phenoxy) is 2. The summed E-state index contributed by atoms with van der Waals surface area (Å²) in [6.45, 7) is 4.88. The molecule has 2 aliphatic rings. The van der Waals surface area contributed by atoms with Crippen LogP contribution in [0.1, 0.15) is 32.6 Å². The van der Waals surface area contributed by atoms with Gasteiger partial charge in [0, 0.05) is 43.9 Å². The number of carbonyl (C=O) groups is 1. The van der Waals surface area contributed by atoms with Gasteiger partial charge in [0.05, 0.1) is 18.8 Å². The van der Waals surface area contributed by atoms with Gasteiger partial charge in [0.2, 0.25) is 0 Å². The number of carbonyl (C=O) groups excluding carboxylic acids is 1. The van der Waals surface area contributed by atoms with E-state index in [0.29, 0.717) is 26.3 Å². The summed E-state index contributed by atoms with van der Waals surface area (Å²) in [5.41, 5.74) is -0.412. The van der Waals surface area contributed by atoms with Crippen LogP contribution in [-0.2, 0) is 9.47 Å². The van der Waals surface area contributed by atoms with Crippen LogP contribution in [0.5, 0.6) is 0 Å². The zero-order valence-electron chi connectivity index (χ0n) is 13.4. The Morgan fingerprint density at radius 2 is 2.00 bits per heavy atom. The first-order chi connectivity index (χ1) is 10.6. The van der Waals surface area contributed by atoms with Crippen molar-refractivity contribution in [3.63, 3.8) is 0 Å². The van der Waals surface area contributed by atoms with Gasteiger partial charge in [-0.1, -0.05) is 0 Å². The van der Waals surface area contributed by atoms with E-state index in [-0.39, 0.29) is 24.0 Å². The molecule has 1 atom stereocenters. The van der Waals surface area contributed by atoms with E-state index in [0.717, 1.165) is 19.3 Å². The van der Waals surface area contributed by atoms with E-state index < -0.39 is 5.60 Å². The fraction of sp³-hybridized carbons (Fsp3) is 0.933. The number of aliphatic hydroxyl groups is 1. The summed E-state index contributed by atoms with van der Waals surface area (Å²) >= 11 is 1.93. The summed E-state index contributed by atoms with van der Waals surface area (Å²) in [6.07, 6.45) is 3.85. The Kier molecular flexibility index (Phi) is 6.80. The molecule has 2 aliphatic heterocycles. The highest BCUT2D eigenvalue weighted by Gasteiger charge is 2.34. The molecule has 2 rings (SSSR count). The minimum absolute atomic E-state index is 0.00954. The third-order valence-electron chi connectivity index (χ3n) is 4.40. The normalized spacial score (nSPS) is 27.5. The number of urea groups is 1. The van der Waals surface area contributed by atoms with Crippen LogP contribution in [0.2, 0.25) is 0 Å². The number of aliphatic hydroxyl groups excluding tert-OH is 1. The molecule has 0 spiro atoms. The molecule has 22 heavy (non-hydrogen) atoms. The van der Waals surface area contributed by atoms with E-state index in [4.69, 9.17) is 14.6 Å². The number of thioether (sulfide) groups is 1. The Balaban J connectivity index is 1.74. The molecule has 2 fully saturated rings. The number of hydrogen-bond acceptors (Lipinski definition) is 5. The molecule has 3 N–H and O–H groups in total. The van der Waals surface area contributed by atoms with Crippen LogP contribution in [0.15, 0.2) is 0 Å². The summed E-state index contributed by atoms with van der Waals surface area (Å²) in [5.74, 6) is 1.18. The van der Waals surface area contributed by atoms with Crippen LogP contribution in [0.3, 0.4) is 0 Å². The molecule has 2 saturated heterocycles. The van der Waals surface area contributed by atoms with Crippen molar-refractivity contribution in [3.05, 3.63) is 0 Å². The average Bonchev–Trinajstić information content (AvgIpc) is 2.97. The van der Waals surface area contributed by atoms with Crippen LogP contribution in [0.4, 0.5) is 4.79 Å². The molecule has 7 heteroatoms. The van der Waals surface area contributed by atoms with Gasteiger partial charge >= 0.3 is 6.03 Å². The van der Waals surface area contributed by atoms with E-state index in [9.17, 15) is 4.79 Å². The van der Waals surface area contributed by atoms with Gasteiger partial charge in [-0.05, 0) is 25.5 Å². The van der Waals surface area contributed by atoms with Gasteiger partial charge in [-0.3, -0.25) is 0 Å². The molecule has 2 heterocycles. The molecule has 0 unspecified atom stereocenters. The molecule has 0 aromatic rings. The van der Waals surface area contributed by atoms with Crippen molar-refractivity contribution in [2.75, 3.05) is 45.3 Å². The molecule has 0 saturated carbocycles. The number of amides is 2. The van der Waals surface area contributed by atoms with Gasteiger partial charge in [0.25, 0.3) is 0 Å². The maximum absolute atomic E-state index is 12.0. The molecule has 0 bridgehead atoms. The quantitative estimate of drug-likeness (QED) is 0.651. The second kappa shape index (κ2) is 8.38. The summed E-state index contributed by atoms with van der Waals surface area (Å²) in [6, 6.07) is -0.146. The smallest absolute Gasteiger partial charge is 0.314 e. The van der Waals surface area contributed by atoms with Gasteiger partial charge < -0.3 is 25.2 Å². The highest BCUT2D eigenvalue weighted by Crippen LogP contribution is 2.36. The van der Waals surface area contributed by atoms with Crippen LogP contribution in [-0.4, -0.2) is 66.8 Å². The second-order valence-corrected chi connectivity index (χ2v) is 7.99. The average molecular weight is 332 g/mol. The van der Waals surface area contributed by atoms with Gasteiger partial charge in [-0.25, -0.2) is 4.79 Å². The predicted octanol–water partition coefficient (Wildman–Crippen LogP) is 1.13. The third-order valence-corrected chi connectivity index (χ3v) is 5.94. The topological polar surface area (TPSA) is 79.8 Å². The van der Waals surface area contributed by atoms with Crippen molar-refractivity contribution in [2.45, 2.75) is 43.0 Å². The lowest BCUT2D eigenvalue weighted by Gasteiger charge is -2.37. The SMILES string of the molecule is C[C@@]1(CNC(=O)NCC2(OCCO)CCOCC2)CCCS1. The molecule has 2 amide bonds. The zero-order valence-corrected chi connectivity index (χ0v) is 14.2. The number of nitrogens with one attached hydrogen (secondary N) is 2. The van der Waals surface area contributed by atoms with E-state index in [2.05, 4.69) is 17.6 Å². The van der Waals surface area contributed by atoms with Gasteiger partial charge in [0.15, 0.2) is 0 Å². The molecule has 0 radical (unpaired) electrons. The highest BCUT2D eigenvalue weighted by atomic mass is 32.2. The fourth-order valence-corrected chi connectivity index (χ4v) is 4.17. The number of rotatable bonds is 7. The van der Waals surface area contributed by atoms with Gasteiger partial charge in [0.1, 0.15) is 0 Å². The molecular formula is C15H28N2O4S. The lowest BCUT2D eigenvalue weighted by molar-refractivity contribution is -0.114. The standard InChI is InChI=1S/C15H28N2O4S/c1-14(3-2-10-22-14)11-16-13(19)17-12-15(21-9-6-18)4-7-20-8-5-15/h18H,2-12H2,1H3,(H2,16,17,19)/t14-/m0/s1. The maximum Gasteiger partial charge on any atom is 0.314 e. The van der Waals surface area contributed by atoms with Gasteiger partial charge in [-0.2, -0.15) is 11.8 Å². The van der Waals surface area contributed by atoms with Crippen molar-refractivity contribution in [1.82, 2.24) is 10.6 Å². The second-order valence-electron chi connectivity index (χ2n) is 6.31. The fourth-order valence-electron chi connectivity index (χ4n) is 2.93. The summed E-state index contributed by atoms with van der Waals surface area (Å²) in [5, 5.41) is 14.9. The van der Waals surface area contributed by atoms with Crippen molar-refractivity contribution in [3.8, 4) is 0 Å². The minimum Gasteiger partial charge on any atom is -0.394 e. The largest absolute Gasteiger partial charge is 0.394 e. The van der Waals surface area contributed by atoms with Crippen LogP contribution < -0.4 is 10.6 Å².